The van der Waals surface area contributed by atoms with E-state index in [4.69, 9.17) is 11.6 Å². The van der Waals surface area contributed by atoms with Crippen molar-refractivity contribution in [2.24, 2.45) is 5.10 Å². The molecular formula is C22H16ClN3O. The standard InChI is InChI=1S/C22H16ClN3O/c1-15-10-12-16(13-11-15)14-24-26-21(17-6-2-4-8-19(17)23)25-20-9-5-3-7-18(20)22(26)27/h2-14H,1H3/b24-14+. The molecule has 0 fully saturated rings. The lowest BCUT2D eigenvalue weighted by Crippen LogP contribution is -2.20. The normalized spacial score (nSPS) is 11.3. The second-order valence-electron chi connectivity index (χ2n) is 6.20. The third kappa shape index (κ3) is 3.39. The predicted octanol–water partition coefficient (Wildman–Crippen LogP) is 4.91. The zero-order valence-electron chi connectivity index (χ0n) is 14.6. The molecule has 0 radical (unpaired) electrons. The quantitative estimate of drug-likeness (QED) is 0.479. The SMILES string of the molecule is Cc1ccc(/C=N/n2c(-c3ccccc3Cl)nc3ccccc3c2=O)cc1. The Morgan fingerprint density at radius 2 is 1.67 bits per heavy atom. The first-order valence-electron chi connectivity index (χ1n) is 8.51. The molecule has 0 saturated carbocycles. The number of halogens is 1. The van der Waals surface area contributed by atoms with E-state index in [1.54, 1.807) is 18.3 Å². The van der Waals surface area contributed by atoms with E-state index in [9.17, 15) is 4.79 Å². The van der Waals surface area contributed by atoms with Gasteiger partial charge in [-0.2, -0.15) is 9.78 Å². The van der Waals surface area contributed by atoms with Crippen molar-refractivity contribution >= 4 is 28.7 Å². The molecular weight excluding hydrogens is 358 g/mol. The Morgan fingerprint density at radius 3 is 2.44 bits per heavy atom. The molecule has 27 heavy (non-hydrogen) atoms. The van der Waals surface area contributed by atoms with E-state index in [2.05, 4.69) is 10.1 Å². The summed E-state index contributed by atoms with van der Waals surface area (Å²) in [4.78, 5) is 17.7. The summed E-state index contributed by atoms with van der Waals surface area (Å²) in [6, 6.07) is 22.4. The smallest absolute Gasteiger partial charge is 0.267 e. The van der Waals surface area contributed by atoms with Crippen LogP contribution in [0.2, 0.25) is 5.02 Å². The van der Waals surface area contributed by atoms with Gasteiger partial charge < -0.3 is 0 Å². The van der Waals surface area contributed by atoms with Crippen LogP contribution in [-0.4, -0.2) is 15.9 Å². The molecule has 4 rings (SSSR count). The fraction of sp³-hybridized carbons (Fsp3) is 0.0455. The molecule has 0 aliphatic heterocycles. The molecule has 4 nitrogen and oxygen atoms in total. The Balaban J connectivity index is 1.95. The fourth-order valence-electron chi connectivity index (χ4n) is 2.82. The number of fused-ring (bicyclic) bond motifs is 1. The van der Waals surface area contributed by atoms with Crippen molar-refractivity contribution in [2.45, 2.75) is 6.92 Å². The summed E-state index contributed by atoms with van der Waals surface area (Å²) in [5.41, 5.74) is 3.08. The van der Waals surface area contributed by atoms with Gasteiger partial charge in [0.1, 0.15) is 0 Å². The van der Waals surface area contributed by atoms with E-state index in [0.29, 0.717) is 27.3 Å². The van der Waals surface area contributed by atoms with E-state index in [0.717, 1.165) is 11.1 Å². The monoisotopic (exact) mass is 373 g/mol. The van der Waals surface area contributed by atoms with Crippen molar-refractivity contribution in [1.29, 1.82) is 0 Å². The van der Waals surface area contributed by atoms with E-state index in [1.807, 2.05) is 67.6 Å². The highest BCUT2D eigenvalue weighted by Gasteiger charge is 2.14. The molecule has 0 unspecified atom stereocenters. The van der Waals surface area contributed by atoms with Gasteiger partial charge in [0.25, 0.3) is 5.56 Å². The number of aromatic nitrogens is 2. The predicted molar refractivity (Wildman–Crippen MR) is 111 cm³/mol. The summed E-state index contributed by atoms with van der Waals surface area (Å²) < 4.78 is 1.31. The summed E-state index contributed by atoms with van der Waals surface area (Å²) in [5.74, 6) is 0.410. The molecule has 5 heteroatoms. The van der Waals surface area contributed by atoms with Gasteiger partial charge in [-0.1, -0.05) is 65.7 Å². The highest BCUT2D eigenvalue weighted by molar-refractivity contribution is 6.33. The van der Waals surface area contributed by atoms with Gasteiger partial charge in [0.05, 0.1) is 22.1 Å². The highest BCUT2D eigenvalue weighted by Crippen LogP contribution is 2.26. The average molecular weight is 374 g/mol. The first-order valence-corrected chi connectivity index (χ1v) is 8.89. The summed E-state index contributed by atoms with van der Waals surface area (Å²) in [7, 11) is 0. The van der Waals surface area contributed by atoms with Crippen molar-refractivity contribution in [2.75, 3.05) is 0 Å². The van der Waals surface area contributed by atoms with Crippen LogP contribution in [-0.2, 0) is 0 Å². The Hall–Kier alpha value is -3.24. The maximum atomic E-state index is 13.1. The molecule has 132 valence electrons. The Morgan fingerprint density at radius 1 is 0.963 bits per heavy atom. The lowest BCUT2D eigenvalue weighted by Gasteiger charge is -2.10. The lowest BCUT2D eigenvalue weighted by atomic mass is 10.2. The number of aryl methyl sites for hydroxylation is 1. The molecule has 0 saturated heterocycles. The van der Waals surface area contributed by atoms with Crippen LogP contribution >= 0.6 is 11.6 Å². The Labute approximate surface area is 161 Å². The molecule has 0 aliphatic rings. The Bertz CT molecular complexity index is 1210. The van der Waals surface area contributed by atoms with Gasteiger partial charge in [-0.05, 0) is 36.8 Å². The summed E-state index contributed by atoms with van der Waals surface area (Å²) >= 11 is 6.36. The third-order valence-electron chi connectivity index (χ3n) is 4.27. The minimum absolute atomic E-state index is 0.237. The first-order chi connectivity index (χ1) is 13.1. The zero-order valence-corrected chi connectivity index (χ0v) is 15.4. The van der Waals surface area contributed by atoms with Gasteiger partial charge in [-0.15, -0.1) is 0 Å². The summed E-state index contributed by atoms with van der Waals surface area (Å²) in [6.45, 7) is 2.02. The van der Waals surface area contributed by atoms with Gasteiger partial charge in [0.2, 0.25) is 0 Å². The molecule has 0 N–H and O–H groups in total. The van der Waals surface area contributed by atoms with Crippen molar-refractivity contribution in [3.05, 3.63) is 99.3 Å². The van der Waals surface area contributed by atoms with E-state index < -0.39 is 0 Å². The summed E-state index contributed by atoms with van der Waals surface area (Å²) in [6.07, 6.45) is 1.65. The molecule has 0 aliphatic carbocycles. The van der Waals surface area contributed by atoms with E-state index in [1.165, 1.54) is 4.68 Å². The fourth-order valence-corrected chi connectivity index (χ4v) is 3.04. The molecule has 0 amide bonds. The molecule has 0 bridgehead atoms. The second-order valence-corrected chi connectivity index (χ2v) is 6.61. The molecule has 3 aromatic carbocycles. The minimum atomic E-state index is -0.237. The molecule has 0 atom stereocenters. The number of benzene rings is 3. The van der Waals surface area contributed by atoms with Crippen LogP contribution in [0.4, 0.5) is 0 Å². The maximum absolute atomic E-state index is 13.1. The number of para-hydroxylation sites is 1. The molecule has 0 spiro atoms. The molecule has 4 aromatic rings. The minimum Gasteiger partial charge on any atom is -0.267 e. The van der Waals surface area contributed by atoms with Gasteiger partial charge in [-0.25, -0.2) is 4.98 Å². The zero-order chi connectivity index (χ0) is 18.8. The topological polar surface area (TPSA) is 47.2 Å². The van der Waals surface area contributed by atoms with Crippen molar-refractivity contribution in [3.63, 3.8) is 0 Å². The van der Waals surface area contributed by atoms with Crippen molar-refractivity contribution in [3.8, 4) is 11.4 Å². The van der Waals surface area contributed by atoms with Crippen LogP contribution in [0.15, 0.2) is 82.7 Å². The number of rotatable bonds is 3. The van der Waals surface area contributed by atoms with Crippen LogP contribution < -0.4 is 5.56 Å². The summed E-state index contributed by atoms with van der Waals surface area (Å²) in [5, 5.41) is 5.45. The molecule has 1 heterocycles. The molecule has 1 aromatic heterocycles. The third-order valence-corrected chi connectivity index (χ3v) is 4.60. The van der Waals surface area contributed by atoms with Crippen LogP contribution in [0.25, 0.3) is 22.3 Å². The van der Waals surface area contributed by atoms with Gasteiger partial charge in [0, 0.05) is 5.56 Å². The van der Waals surface area contributed by atoms with Gasteiger partial charge in [0.15, 0.2) is 5.82 Å². The van der Waals surface area contributed by atoms with Gasteiger partial charge in [-0.3, -0.25) is 4.79 Å². The largest absolute Gasteiger partial charge is 0.282 e. The maximum Gasteiger partial charge on any atom is 0.282 e. The second kappa shape index (κ2) is 7.17. The van der Waals surface area contributed by atoms with Crippen molar-refractivity contribution in [1.82, 2.24) is 9.66 Å². The first kappa shape index (κ1) is 17.2. The van der Waals surface area contributed by atoms with Crippen molar-refractivity contribution < 1.29 is 0 Å². The number of hydrogen-bond donors (Lipinski definition) is 0. The van der Waals surface area contributed by atoms with Crippen LogP contribution in [0.1, 0.15) is 11.1 Å². The Kier molecular flexibility index (Phi) is 4.57. The number of hydrogen-bond acceptors (Lipinski definition) is 3. The van der Waals surface area contributed by atoms with Crippen LogP contribution in [0.3, 0.4) is 0 Å². The van der Waals surface area contributed by atoms with Crippen LogP contribution in [0, 0.1) is 6.92 Å². The lowest BCUT2D eigenvalue weighted by molar-refractivity contribution is 0.830. The highest BCUT2D eigenvalue weighted by atomic mass is 35.5. The average Bonchev–Trinajstić information content (AvgIpc) is 2.69. The van der Waals surface area contributed by atoms with E-state index in [-0.39, 0.29) is 5.56 Å². The van der Waals surface area contributed by atoms with E-state index >= 15 is 0 Å². The number of nitrogens with zero attached hydrogens (tertiary/aromatic N) is 3. The van der Waals surface area contributed by atoms with Crippen LogP contribution in [0.5, 0.6) is 0 Å². The van der Waals surface area contributed by atoms with Gasteiger partial charge >= 0.3 is 0 Å².